The molecule has 0 atom stereocenters. The van der Waals surface area contributed by atoms with Crippen molar-refractivity contribution in [1.29, 1.82) is 0 Å². The van der Waals surface area contributed by atoms with Gasteiger partial charge < -0.3 is 20.1 Å². The van der Waals surface area contributed by atoms with E-state index in [1.807, 2.05) is 24.3 Å². The standard InChI is InChI=1S/C18H20BClN2O3/c1-18(2)10-24-19(25-11-18)12-3-5-13(6-4-12)22-17(20)15-9-14(23)7-8-16(15)21/h3-9,23H,10-11,21H2,1-2H3. The second kappa shape index (κ2) is 7.08. The fraction of sp³-hybridized carbons (Fsp3) is 0.278. The van der Waals surface area contributed by atoms with Crippen LogP contribution in [0.4, 0.5) is 11.4 Å². The Labute approximate surface area is 152 Å². The van der Waals surface area contributed by atoms with Crippen LogP contribution in [0.15, 0.2) is 47.5 Å². The zero-order chi connectivity index (χ0) is 18.0. The van der Waals surface area contributed by atoms with Gasteiger partial charge in [-0.05, 0) is 35.8 Å². The summed E-state index contributed by atoms with van der Waals surface area (Å²) in [5, 5.41) is 9.79. The van der Waals surface area contributed by atoms with Crippen molar-refractivity contribution in [2.75, 3.05) is 18.9 Å². The number of nitrogens with two attached hydrogens (primary N) is 1. The Morgan fingerprint density at radius 3 is 2.44 bits per heavy atom. The molecule has 0 amide bonds. The van der Waals surface area contributed by atoms with E-state index < -0.39 is 0 Å². The number of hydrogen-bond donors (Lipinski definition) is 2. The summed E-state index contributed by atoms with van der Waals surface area (Å²) in [4.78, 5) is 4.35. The first kappa shape index (κ1) is 17.8. The van der Waals surface area contributed by atoms with E-state index in [1.54, 1.807) is 6.07 Å². The van der Waals surface area contributed by atoms with Gasteiger partial charge in [0, 0.05) is 29.9 Å². The number of aliphatic imine (C=N–C) groups is 1. The van der Waals surface area contributed by atoms with Gasteiger partial charge in [-0.3, -0.25) is 0 Å². The smallest absolute Gasteiger partial charge is 0.493 e. The van der Waals surface area contributed by atoms with Crippen molar-refractivity contribution in [3.05, 3.63) is 48.0 Å². The number of halogens is 1. The number of hydrogen-bond acceptors (Lipinski definition) is 5. The van der Waals surface area contributed by atoms with Crippen molar-refractivity contribution in [2.24, 2.45) is 10.4 Å². The molecule has 7 heteroatoms. The van der Waals surface area contributed by atoms with E-state index in [1.165, 1.54) is 12.1 Å². The first-order chi connectivity index (χ1) is 11.8. The second-order valence-electron chi connectivity index (χ2n) is 6.88. The Balaban J connectivity index is 1.75. The molecular formula is C18H20BClN2O3. The predicted molar refractivity (Wildman–Crippen MR) is 102 cm³/mol. The lowest BCUT2D eigenvalue weighted by atomic mass is 9.76. The number of nitrogens with zero attached hydrogens (tertiary/aromatic N) is 1. The van der Waals surface area contributed by atoms with E-state index in [4.69, 9.17) is 26.6 Å². The lowest BCUT2D eigenvalue weighted by Crippen LogP contribution is -2.47. The van der Waals surface area contributed by atoms with Crippen LogP contribution >= 0.6 is 11.6 Å². The number of aromatic hydroxyl groups is 1. The van der Waals surface area contributed by atoms with Crippen LogP contribution in [0.1, 0.15) is 19.4 Å². The van der Waals surface area contributed by atoms with Gasteiger partial charge in [0.15, 0.2) is 0 Å². The fourth-order valence-electron chi connectivity index (χ4n) is 2.49. The van der Waals surface area contributed by atoms with Gasteiger partial charge in [0.25, 0.3) is 0 Å². The van der Waals surface area contributed by atoms with Crippen LogP contribution in [0, 0.1) is 5.41 Å². The van der Waals surface area contributed by atoms with Crippen LogP contribution in [0.3, 0.4) is 0 Å². The van der Waals surface area contributed by atoms with Crippen LogP contribution in [-0.4, -0.2) is 30.6 Å². The first-order valence-electron chi connectivity index (χ1n) is 8.00. The molecule has 1 saturated heterocycles. The Morgan fingerprint density at radius 2 is 1.80 bits per heavy atom. The molecule has 130 valence electrons. The molecule has 0 aromatic heterocycles. The molecule has 2 aromatic rings. The summed E-state index contributed by atoms with van der Waals surface area (Å²) in [7, 11) is -0.358. The minimum atomic E-state index is -0.358. The van der Waals surface area contributed by atoms with Gasteiger partial charge in [-0.2, -0.15) is 0 Å². The molecule has 3 rings (SSSR count). The van der Waals surface area contributed by atoms with Crippen molar-refractivity contribution in [2.45, 2.75) is 13.8 Å². The van der Waals surface area contributed by atoms with E-state index in [2.05, 4.69) is 18.8 Å². The highest BCUT2D eigenvalue weighted by molar-refractivity contribution is 6.70. The van der Waals surface area contributed by atoms with Crippen LogP contribution in [0.25, 0.3) is 0 Å². The average molecular weight is 359 g/mol. The monoisotopic (exact) mass is 358 g/mol. The van der Waals surface area contributed by atoms with Gasteiger partial charge in [-0.15, -0.1) is 0 Å². The first-order valence-corrected chi connectivity index (χ1v) is 8.38. The van der Waals surface area contributed by atoms with Crippen molar-refractivity contribution in [3.8, 4) is 5.75 Å². The second-order valence-corrected chi connectivity index (χ2v) is 7.24. The molecule has 0 bridgehead atoms. The molecule has 25 heavy (non-hydrogen) atoms. The van der Waals surface area contributed by atoms with Crippen molar-refractivity contribution in [1.82, 2.24) is 0 Å². The topological polar surface area (TPSA) is 77.1 Å². The third-order valence-electron chi connectivity index (χ3n) is 3.90. The molecule has 2 aromatic carbocycles. The molecule has 0 saturated carbocycles. The summed E-state index contributed by atoms with van der Waals surface area (Å²) >= 11 is 6.25. The minimum absolute atomic E-state index is 0.0371. The third kappa shape index (κ3) is 4.34. The van der Waals surface area contributed by atoms with E-state index >= 15 is 0 Å². The van der Waals surface area contributed by atoms with Crippen LogP contribution in [0.5, 0.6) is 5.75 Å². The Morgan fingerprint density at radius 1 is 1.16 bits per heavy atom. The summed E-state index contributed by atoms with van der Waals surface area (Å²) in [5.41, 5.74) is 8.47. The number of nitrogen functional groups attached to an aromatic ring is 1. The average Bonchev–Trinajstić information content (AvgIpc) is 2.58. The van der Waals surface area contributed by atoms with Crippen LogP contribution < -0.4 is 11.2 Å². The van der Waals surface area contributed by atoms with E-state index in [0.29, 0.717) is 30.2 Å². The van der Waals surface area contributed by atoms with Gasteiger partial charge in [-0.25, -0.2) is 4.99 Å². The molecule has 0 radical (unpaired) electrons. The number of phenols is 1. The SMILES string of the molecule is CC1(C)COB(c2ccc(N=C(Cl)c3cc(O)ccc3N)cc2)OC1. The van der Waals surface area contributed by atoms with Crippen molar-refractivity contribution < 1.29 is 14.4 Å². The lowest BCUT2D eigenvalue weighted by Gasteiger charge is -2.33. The maximum absolute atomic E-state index is 9.57. The summed E-state index contributed by atoms with van der Waals surface area (Å²) in [6.07, 6.45) is 0. The number of phenolic OH excluding ortho intramolecular Hbond substituents is 1. The zero-order valence-corrected chi connectivity index (χ0v) is 15.0. The van der Waals surface area contributed by atoms with Crippen molar-refractivity contribution >= 4 is 40.7 Å². The fourth-order valence-corrected chi connectivity index (χ4v) is 2.75. The molecule has 3 N–H and O–H groups in total. The maximum atomic E-state index is 9.57. The van der Waals surface area contributed by atoms with E-state index in [9.17, 15) is 5.11 Å². The summed E-state index contributed by atoms with van der Waals surface area (Å²) < 4.78 is 11.5. The number of rotatable bonds is 3. The van der Waals surface area contributed by atoms with Gasteiger partial charge in [0.1, 0.15) is 10.9 Å². The number of anilines is 1. The molecule has 0 aliphatic carbocycles. The Bertz CT molecular complexity index is 783. The highest BCUT2D eigenvalue weighted by Gasteiger charge is 2.33. The Kier molecular flexibility index (Phi) is 5.04. The summed E-state index contributed by atoms with van der Waals surface area (Å²) in [5.74, 6) is 0.0856. The molecule has 1 aliphatic heterocycles. The van der Waals surface area contributed by atoms with Gasteiger partial charge >= 0.3 is 7.12 Å². The van der Waals surface area contributed by atoms with E-state index in [-0.39, 0.29) is 23.5 Å². The molecule has 0 spiro atoms. The van der Waals surface area contributed by atoms with Crippen molar-refractivity contribution in [3.63, 3.8) is 0 Å². The molecule has 0 unspecified atom stereocenters. The molecule has 5 nitrogen and oxygen atoms in total. The molecule has 1 aliphatic rings. The molecular weight excluding hydrogens is 338 g/mol. The summed E-state index contributed by atoms with van der Waals surface area (Å²) in [6, 6.07) is 12.1. The van der Waals surface area contributed by atoms with Gasteiger partial charge in [-0.1, -0.05) is 37.6 Å². The highest BCUT2D eigenvalue weighted by Crippen LogP contribution is 2.24. The number of benzene rings is 2. The minimum Gasteiger partial charge on any atom is -0.508 e. The van der Waals surface area contributed by atoms with Gasteiger partial charge in [0.2, 0.25) is 0 Å². The Hall–Kier alpha value is -2.02. The molecule has 1 heterocycles. The lowest BCUT2D eigenvalue weighted by molar-refractivity contribution is 0.0343. The van der Waals surface area contributed by atoms with Crippen LogP contribution in [0.2, 0.25) is 0 Å². The third-order valence-corrected chi connectivity index (χ3v) is 4.19. The molecule has 1 fully saturated rings. The zero-order valence-electron chi connectivity index (χ0n) is 14.2. The predicted octanol–water partition coefficient (Wildman–Crippen LogP) is 3.06. The van der Waals surface area contributed by atoms with Gasteiger partial charge in [0.05, 0.1) is 5.69 Å². The normalized spacial score (nSPS) is 17.6. The quantitative estimate of drug-likeness (QED) is 0.383. The van der Waals surface area contributed by atoms with Crippen LogP contribution in [-0.2, 0) is 9.31 Å². The maximum Gasteiger partial charge on any atom is 0.493 e. The summed E-state index contributed by atoms with van der Waals surface area (Å²) in [6.45, 7) is 5.52. The largest absolute Gasteiger partial charge is 0.508 e. The highest BCUT2D eigenvalue weighted by atomic mass is 35.5. The van der Waals surface area contributed by atoms with E-state index in [0.717, 1.165) is 5.46 Å².